The second-order valence-corrected chi connectivity index (χ2v) is 8.78. The summed E-state index contributed by atoms with van der Waals surface area (Å²) in [7, 11) is 0. The highest BCUT2D eigenvalue weighted by Gasteiger charge is 2.25. The minimum atomic E-state index is -0.350. The number of phenols is 1. The van der Waals surface area contributed by atoms with Gasteiger partial charge in [-0.25, -0.2) is 4.39 Å². The van der Waals surface area contributed by atoms with E-state index >= 15 is 0 Å². The number of halogens is 1. The first-order valence-electron chi connectivity index (χ1n) is 10.5. The van der Waals surface area contributed by atoms with E-state index in [-0.39, 0.29) is 23.6 Å². The van der Waals surface area contributed by atoms with Gasteiger partial charge in [-0.05, 0) is 65.6 Å². The minimum Gasteiger partial charge on any atom is -0.507 e. The van der Waals surface area contributed by atoms with Crippen LogP contribution in [0.1, 0.15) is 11.1 Å². The van der Waals surface area contributed by atoms with Gasteiger partial charge in [0.15, 0.2) is 0 Å². The van der Waals surface area contributed by atoms with Crippen molar-refractivity contribution < 1.29 is 18.7 Å². The Morgan fingerprint density at radius 2 is 2.00 bits per heavy atom. The lowest BCUT2D eigenvalue weighted by atomic mass is 9.98. The Morgan fingerprint density at radius 1 is 1.09 bits per heavy atom. The fourth-order valence-corrected chi connectivity index (χ4v) is 4.61. The Labute approximate surface area is 194 Å². The zero-order valence-electron chi connectivity index (χ0n) is 17.7. The summed E-state index contributed by atoms with van der Waals surface area (Å²) in [6.45, 7) is 3.78. The van der Waals surface area contributed by atoms with Crippen LogP contribution in [0.5, 0.6) is 11.5 Å². The topological polar surface area (TPSA) is 68.4 Å². The normalized spacial score (nSPS) is 14.6. The van der Waals surface area contributed by atoms with Crippen molar-refractivity contribution in [1.82, 2.24) is 10.2 Å². The summed E-state index contributed by atoms with van der Waals surface area (Å²) < 4.78 is 25.2. The zero-order chi connectivity index (χ0) is 22.8. The molecule has 1 atom stereocenters. The summed E-state index contributed by atoms with van der Waals surface area (Å²) in [6, 6.07) is 17.7. The van der Waals surface area contributed by atoms with E-state index in [1.165, 1.54) is 23.9 Å². The van der Waals surface area contributed by atoms with Gasteiger partial charge in [-0.3, -0.25) is 0 Å². The molecule has 0 amide bonds. The number of hydrogen-bond acceptors (Lipinski definition) is 6. The number of aromatic hydroxyl groups is 1. The van der Waals surface area contributed by atoms with Crippen molar-refractivity contribution in [3.8, 4) is 34.1 Å². The number of fused-ring (bicyclic) bond motifs is 1. The van der Waals surface area contributed by atoms with E-state index in [2.05, 4.69) is 22.8 Å². The highest BCUT2D eigenvalue weighted by Crippen LogP contribution is 2.37. The summed E-state index contributed by atoms with van der Waals surface area (Å²) in [6.07, 6.45) is 3.30. The number of hydrogen-bond donors (Lipinski definition) is 1. The molecule has 0 unspecified atom stereocenters. The fraction of sp³-hybridized carbons (Fsp3) is 0.154. The van der Waals surface area contributed by atoms with Crippen LogP contribution >= 0.6 is 11.8 Å². The average Bonchev–Trinajstić information content (AvgIpc) is 3.45. The summed E-state index contributed by atoms with van der Waals surface area (Å²) in [4.78, 5) is 0. The number of benzene rings is 3. The second-order valence-electron chi connectivity index (χ2n) is 7.81. The van der Waals surface area contributed by atoms with Crippen LogP contribution in [0.15, 0.2) is 83.0 Å². The third kappa shape index (κ3) is 4.64. The van der Waals surface area contributed by atoms with Crippen molar-refractivity contribution in [3.05, 3.63) is 90.3 Å². The van der Waals surface area contributed by atoms with Crippen LogP contribution in [0.2, 0.25) is 0 Å². The second kappa shape index (κ2) is 9.11. The van der Waals surface area contributed by atoms with Gasteiger partial charge in [-0.1, -0.05) is 36.0 Å². The van der Waals surface area contributed by atoms with E-state index in [0.29, 0.717) is 16.5 Å². The molecule has 166 valence electrons. The molecule has 0 spiro atoms. The first-order chi connectivity index (χ1) is 16.1. The molecule has 33 heavy (non-hydrogen) atoms. The molecule has 1 N–H and O–H groups in total. The van der Waals surface area contributed by atoms with Crippen molar-refractivity contribution in [2.45, 2.75) is 24.2 Å². The maximum atomic E-state index is 13.4. The number of ether oxygens (including phenoxy) is 1. The molecule has 0 saturated heterocycles. The van der Waals surface area contributed by atoms with Crippen LogP contribution in [-0.4, -0.2) is 27.2 Å². The van der Waals surface area contributed by atoms with Crippen LogP contribution < -0.4 is 4.74 Å². The molecular weight excluding hydrogens is 439 g/mol. The maximum absolute atomic E-state index is 13.4. The SMILES string of the molecule is C=CCc1ccc(O)c(-c2ccc3c(c2)C[C@@H](CSc2nnc(-c4cccc(F)c4)o2)O3)c1. The van der Waals surface area contributed by atoms with Gasteiger partial charge in [0.05, 0.1) is 0 Å². The van der Waals surface area contributed by atoms with Crippen LogP contribution in [0.3, 0.4) is 0 Å². The van der Waals surface area contributed by atoms with Gasteiger partial charge in [-0.15, -0.1) is 16.8 Å². The van der Waals surface area contributed by atoms with E-state index in [1.807, 2.05) is 30.3 Å². The summed E-state index contributed by atoms with van der Waals surface area (Å²) >= 11 is 1.41. The Kier molecular flexibility index (Phi) is 5.88. The summed E-state index contributed by atoms with van der Waals surface area (Å²) in [5, 5.41) is 18.8. The first kappa shape index (κ1) is 21.3. The number of rotatable bonds is 7. The van der Waals surface area contributed by atoms with Crippen LogP contribution in [0, 0.1) is 5.82 Å². The zero-order valence-corrected chi connectivity index (χ0v) is 18.5. The Bertz CT molecular complexity index is 1320. The number of aromatic nitrogens is 2. The first-order valence-corrected chi connectivity index (χ1v) is 11.5. The molecule has 1 aliphatic rings. The highest BCUT2D eigenvalue weighted by atomic mass is 32.2. The van der Waals surface area contributed by atoms with E-state index in [9.17, 15) is 9.50 Å². The number of nitrogens with zero attached hydrogens (tertiary/aromatic N) is 2. The number of allylic oxidation sites excluding steroid dienone is 1. The molecule has 0 bridgehead atoms. The molecule has 3 aromatic carbocycles. The average molecular weight is 461 g/mol. The lowest BCUT2D eigenvalue weighted by molar-refractivity contribution is 0.259. The van der Waals surface area contributed by atoms with E-state index in [1.54, 1.807) is 18.2 Å². The van der Waals surface area contributed by atoms with E-state index in [0.717, 1.165) is 40.8 Å². The molecular formula is C26H21FN2O3S. The highest BCUT2D eigenvalue weighted by molar-refractivity contribution is 7.99. The Balaban J connectivity index is 1.25. The molecule has 0 radical (unpaired) electrons. The van der Waals surface area contributed by atoms with Crippen LogP contribution in [-0.2, 0) is 12.8 Å². The molecule has 5 nitrogen and oxygen atoms in total. The molecule has 0 saturated carbocycles. The van der Waals surface area contributed by atoms with Crippen molar-refractivity contribution >= 4 is 11.8 Å². The molecule has 5 rings (SSSR count). The van der Waals surface area contributed by atoms with Crippen molar-refractivity contribution in [2.24, 2.45) is 0 Å². The molecule has 1 aliphatic heterocycles. The van der Waals surface area contributed by atoms with E-state index in [4.69, 9.17) is 9.15 Å². The number of phenolic OH excluding ortho intramolecular Hbond substituents is 1. The smallest absolute Gasteiger partial charge is 0.276 e. The quantitative estimate of drug-likeness (QED) is 0.267. The predicted molar refractivity (Wildman–Crippen MR) is 126 cm³/mol. The van der Waals surface area contributed by atoms with Gasteiger partial charge in [-0.2, -0.15) is 0 Å². The fourth-order valence-electron chi connectivity index (χ4n) is 3.86. The van der Waals surface area contributed by atoms with Gasteiger partial charge in [0.2, 0.25) is 5.89 Å². The van der Waals surface area contributed by atoms with Gasteiger partial charge >= 0.3 is 0 Å². The van der Waals surface area contributed by atoms with Crippen LogP contribution in [0.25, 0.3) is 22.6 Å². The molecule has 0 fully saturated rings. The largest absolute Gasteiger partial charge is 0.507 e. The minimum absolute atomic E-state index is 0.0366. The lowest BCUT2D eigenvalue weighted by Gasteiger charge is -2.09. The van der Waals surface area contributed by atoms with Gasteiger partial charge in [0, 0.05) is 23.3 Å². The third-order valence-electron chi connectivity index (χ3n) is 5.42. The maximum Gasteiger partial charge on any atom is 0.276 e. The van der Waals surface area contributed by atoms with Crippen molar-refractivity contribution in [2.75, 3.05) is 5.75 Å². The Hall–Kier alpha value is -3.58. The van der Waals surface area contributed by atoms with Gasteiger partial charge in [0.1, 0.15) is 23.4 Å². The van der Waals surface area contributed by atoms with Crippen molar-refractivity contribution in [1.29, 1.82) is 0 Å². The monoisotopic (exact) mass is 460 g/mol. The van der Waals surface area contributed by atoms with Gasteiger partial charge < -0.3 is 14.3 Å². The predicted octanol–water partition coefficient (Wildman–Crippen LogP) is 6.07. The molecule has 2 heterocycles. The van der Waals surface area contributed by atoms with Crippen molar-refractivity contribution in [3.63, 3.8) is 0 Å². The molecule has 7 heteroatoms. The van der Waals surface area contributed by atoms with Gasteiger partial charge in [0.25, 0.3) is 5.22 Å². The summed E-state index contributed by atoms with van der Waals surface area (Å²) in [5.74, 6) is 1.67. The van der Waals surface area contributed by atoms with E-state index < -0.39 is 0 Å². The standard InChI is InChI=1S/C26H21FN2O3S/c1-2-4-16-7-9-23(30)22(11-16)17-8-10-24-19(12-17)14-21(31-24)15-33-26-29-28-25(32-26)18-5-3-6-20(27)13-18/h2-3,5-13,21,30H,1,4,14-15H2/t21-/m0/s1. The Morgan fingerprint density at radius 3 is 2.85 bits per heavy atom. The lowest BCUT2D eigenvalue weighted by Crippen LogP contribution is -2.15. The third-order valence-corrected chi connectivity index (χ3v) is 6.37. The summed E-state index contributed by atoms with van der Waals surface area (Å²) in [5.41, 5.74) is 4.49. The number of thioether (sulfide) groups is 1. The molecule has 1 aromatic heterocycles. The molecule has 0 aliphatic carbocycles. The van der Waals surface area contributed by atoms with Crippen LogP contribution in [0.4, 0.5) is 4.39 Å². The molecule has 4 aromatic rings.